The number of imidazole rings is 1. The first-order chi connectivity index (χ1) is 12.2. The number of fused-ring (bicyclic) bond motifs is 1. The van der Waals surface area contributed by atoms with Crippen LogP contribution in [0.25, 0.3) is 17.0 Å². The molecule has 0 radical (unpaired) electrons. The van der Waals surface area contributed by atoms with Gasteiger partial charge in [0.25, 0.3) is 5.56 Å². The van der Waals surface area contributed by atoms with E-state index in [0.29, 0.717) is 5.78 Å². The Hall–Kier alpha value is -2.36. The Morgan fingerprint density at radius 2 is 1.50 bits per heavy atom. The number of nitrogens with zero attached hydrogens (tertiary/aromatic N) is 2. The summed E-state index contributed by atoms with van der Waals surface area (Å²) in [5.74, 6) is 1.87. The summed E-state index contributed by atoms with van der Waals surface area (Å²) in [6.07, 6.45) is 1.82. The van der Waals surface area contributed by atoms with E-state index in [1.54, 1.807) is 4.40 Å². The minimum absolute atomic E-state index is 0.0298. The van der Waals surface area contributed by atoms with Crippen molar-refractivity contribution in [2.75, 3.05) is 0 Å². The van der Waals surface area contributed by atoms with Crippen LogP contribution in [0.3, 0.4) is 0 Å². The smallest absolute Gasteiger partial charge is 0.262 e. The monoisotopic (exact) mass is 353 g/mol. The Labute approximate surface area is 156 Å². The molecular weight excluding hydrogens is 322 g/mol. The summed E-state index contributed by atoms with van der Waals surface area (Å²) in [5, 5.41) is 0. The molecule has 1 N–H and O–H groups in total. The van der Waals surface area contributed by atoms with Crippen molar-refractivity contribution in [3.63, 3.8) is 0 Å². The van der Waals surface area contributed by atoms with Gasteiger partial charge in [-0.3, -0.25) is 9.20 Å². The van der Waals surface area contributed by atoms with Gasteiger partial charge in [0.15, 0.2) is 0 Å². The molecule has 0 unspecified atom stereocenters. The second-order valence-corrected chi connectivity index (χ2v) is 7.98. The summed E-state index contributed by atoms with van der Waals surface area (Å²) in [5.41, 5.74) is 3.68. The summed E-state index contributed by atoms with van der Waals surface area (Å²) in [7, 11) is 0. The van der Waals surface area contributed by atoms with Crippen molar-refractivity contribution < 1.29 is 0 Å². The molecule has 0 saturated heterocycles. The van der Waals surface area contributed by atoms with Crippen molar-refractivity contribution >= 4 is 5.78 Å². The summed E-state index contributed by atoms with van der Waals surface area (Å²) >= 11 is 0. The lowest BCUT2D eigenvalue weighted by molar-refractivity contribution is 0.735. The van der Waals surface area contributed by atoms with Crippen molar-refractivity contribution in [3.8, 4) is 11.3 Å². The van der Waals surface area contributed by atoms with Crippen LogP contribution in [0.5, 0.6) is 0 Å². The summed E-state index contributed by atoms with van der Waals surface area (Å²) in [6, 6.07) is 9.91. The van der Waals surface area contributed by atoms with Gasteiger partial charge in [-0.05, 0) is 17.8 Å². The molecule has 0 bridgehead atoms. The fraction of sp³-hybridized carbons (Fsp3) is 0.455. The zero-order chi connectivity index (χ0) is 19.4. The highest BCUT2D eigenvalue weighted by Gasteiger charge is 2.18. The molecule has 3 rings (SSSR count). The van der Waals surface area contributed by atoms with Gasteiger partial charge in [0.2, 0.25) is 5.78 Å². The number of rotatable bonds is 3. The van der Waals surface area contributed by atoms with Gasteiger partial charge in [0.1, 0.15) is 0 Å². The first kappa shape index (κ1) is 20.0. The average Bonchev–Trinajstić information content (AvgIpc) is 2.99. The molecule has 0 atom stereocenters. The Kier molecular flexibility index (Phi) is 6.41. The minimum atomic E-state index is 0.0298. The van der Waals surface area contributed by atoms with Crippen molar-refractivity contribution in [1.82, 2.24) is 14.4 Å². The Morgan fingerprint density at radius 1 is 0.923 bits per heavy atom. The van der Waals surface area contributed by atoms with Gasteiger partial charge in [0, 0.05) is 23.0 Å². The predicted molar refractivity (Wildman–Crippen MR) is 110 cm³/mol. The SMILES string of the molecule is CC(C)C.CC(C)c1[nH]c2nc(-c3ccccc3)cn2c(=O)c1C(C)C. The van der Waals surface area contributed by atoms with E-state index >= 15 is 0 Å². The van der Waals surface area contributed by atoms with Crippen LogP contribution in [0.15, 0.2) is 41.3 Å². The zero-order valence-electron chi connectivity index (χ0n) is 17.0. The van der Waals surface area contributed by atoms with Crippen molar-refractivity contribution in [2.24, 2.45) is 5.92 Å². The Morgan fingerprint density at radius 3 is 2.00 bits per heavy atom. The molecule has 2 heterocycles. The summed E-state index contributed by atoms with van der Waals surface area (Å²) < 4.78 is 1.63. The number of nitrogens with one attached hydrogen (secondary N) is 1. The quantitative estimate of drug-likeness (QED) is 0.666. The molecule has 0 amide bonds. The first-order valence-corrected chi connectivity index (χ1v) is 9.42. The molecule has 0 saturated carbocycles. The zero-order valence-corrected chi connectivity index (χ0v) is 17.0. The molecule has 1 aromatic carbocycles. The van der Waals surface area contributed by atoms with Gasteiger partial charge < -0.3 is 4.98 Å². The van der Waals surface area contributed by atoms with E-state index in [-0.39, 0.29) is 17.4 Å². The van der Waals surface area contributed by atoms with Gasteiger partial charge in [-0.25, -0.2) is 4.98 Å². The highest BCUT2D eigenvalue weighted by Crippen LogP contribution is 2.23. The van der Waals surface area contributed by atoms with E-state index < -0.39 is 0 Å². The third kappa shape index (κ3) is 4.43. The fourth-order valence-electron chi connectivity index (χ4n) is 2.82. The first-order valence-electron chi connectivity index (χ1n) is 9.42. The number of hydrogen-bond acceptors (Lipinski definition) is 2. The molecule has 26 heavy (non-hydrogen) atoms. The molecule has 4 nitrogen and oxygen atoms in total. The standard InChI is InChI=1S/C18H21N3O.C4H10/c1-11(2)15-16(12(3)4)20-18-19-14(10-21(18)17(15)22)13-8-6-5-7-9-13;1-4(2)3/h5-12H,1-4H3,(H,19,20);4H,1-3H3. The average molecular weight is 354 g/mol. The molecule has 0 spiro atoms. The number of H-pyrrole nitrogens is 1. The van der Waals surface area contributed by atoms with Crippen LogP contribution >= 0.6 is 0 Å². The van der Waals surface area contributed by atoms with Crippen LogP contribution < -0.4 is 5.56 Å². The molecular formula is C22H31N3O. The predicted octanol–water partition coefficient (Wildman–Crippen LogP) is 5.60. The van der Waals surface area contributed by atoms with E-state index in [4.69, 9.17) is 0 Å². The molecule has 2 aromatic heterocycles. The summed E-state index contributed by atoms with van der Waals surface area (Å²) in [4.78, 5) is 20.8. The number of hydrogen-bond donors (Lipinski definition) is 1. The van der Waals surface area contributed by atoms with Gasteiger partial charge in [-0.15, -0.1) is 0 Å². The highest BCUT2D eigenvalue weighted by atomic mass is 16.1. The third-order valence-electron chi connectivity index (χ3n) is 3.92. The molecule has 0 aliphatic rings. The lowest BCUT2D eigenvalue weighted by atomic mass is 9.97. The summed E-state index contributed by atoms with van der Waals surface area (Å²) in [6.45, 7) is 14.8. The highest BCUT2D eigenvalue weighted by molar-refractivity contribution is 5.61. The second-order valence-electron chi connectivity index (χ2n) is 7.98. The number of benzene rings is 1. The van der Waals surface area contributed by atoms with Crippen LogP contribution in [-0.4, -0.2) is 14.4 Å². The number of aromatic nitrogens is 3. The largest absolute Gasteiger partial charge is 0.328 e. The van der Waals surface area contributed by atoms with Gasteiger partial charge in [-0.1, -0.05) is 78.8 Å². The molecule has 140 valence electrons. The topological polar surface area (TPSA) is 50.2 Å². The maximum atomic E-state index is 12.8. The minimum Gasteiger partial charge on any atom is -0.328 e. The van der Waals surface area contributed by atoms with Crippen LogP contribution in [0.1, 0.15) is 71.6 Å². The lowest BCUT2D eigenvalue weighted by Crippen LogP contribution is -2.23. The van der Waals surface area contributed by atoms with E-state index in [0.717, 1.165) is 28.4 Å². The number of aromatic amines is 1. The van der Waals surface area contributed by atoms with Crippen LogP contribution in [0.4, 0.5) is 0 Å². The molecule has 0 aliphatic carbocycles. The molecule has 0 fully saturated rings. The van der Waals surface area contributed by atoms with Crippen molar-refractivity contribution in [2.45, 2.75) is 60.3 Å². The van der Waals surface area contributed by atoms with E-state index in [2.05, 4.69) is 58.4 Å². The van der Waals surface area contributed by atoms with Gasteiger partial charge >= 0.3 is 0 Å². The van der Waals surface area contributed by atoms with Crippen LogP contribution in [0, 0.1) is 5.92 Å². The fourth-order valence-corrected chi connectivity index (χ4v) is 2.82. The normalized spacial score (nSPS) is 11.3. The van der Waals surface area contributed by atoms with Crippen molar-refractivity contribution in [1.29, 1.82) is 0 Å². The van der Waals surface area contributed by atoms with Crippen LogP contribution in [0.2, 0.25) is 0 Å². The van der Waals surface area contributed by atoms with Crippen molar-refractivity contribution in [3.05, 3.63) is 58.1 Å². The lowest BCUT2D eigenvalue weighted by Gasteiger charge is -2.15. The Balaban J connectivity index is 0.000000552. The second kappa shape index (κ2) is 8.35. The third-order valence-corrected chi connectivity index (χ3v) is 3.92. The van der Waals surface area contributed by atoms with Gasteiger partial charge in [0.05, 0.1) is 5.69 Å². The van der Waals surface area contributed by atoms with Gasteiger partial charge in [-0.2, -0.15) is 0 Å². The molecule has 3 aromatic rings. The molecule has 0 aliphatic heterocycles. The Bertz CT molecular complexity index is 900. The maximum absolute atomic E-state index is 12.8. The van der Waals surface area contributed by atoms with E-state index in [1.165, 1.54) is 0 Å². The van der Waals surface area contributed by atoms with E-state index in [9.17, 15) is 4.79 Å². The van der Waals surface area contributed by atoms with E-state index in [1.807, 2.05) is 36.5 Å². The maximum Gasteiger partial charge on any atom is 0.262 e. The molecule has 4 heteroatoms. The van der Waals surface area contributed by atoms with Crippen LogP contribution in [-0.2, 0) is 0 Å².